The van der Waals surface area contributed by atoms with Gasteiger partial charge in [0.05, 0.1) is 35.1 Å². The number of hydrogen-bond donors (Lipinski definition) is 0. The number of nitrogens with zero attached hydrogens (tertiary/aromatic N) is 5. The molecule has 1 saturated carbocycles. The summed E-state index contributed by atoms with van der Waals surface area (Å²) in [5.41, 5.74) is 3.88. The van der Waals surface area contributed by atoms with Crippen LogP contribution in [-0.2, 0) is 9.53 Å². The first-order valence-corrected chi connectivity index (χ1v) is 12.6. The van der Waals surface area contributed by atoms with Gasteiger partial charge in [0.15, 0.2) is 0 Å². The molecular weight excluding hydrogens is 430 g/mol. The number of piperazine rings is 1. The molecule has 5 rings (SSSR count). The van der Waals surface area contributed by atoms with Crippen LogP contribution >= 0.6 is 0 Å². The van der Waals surface area contributed by atoms with Gasteiger partial charge in [-0.25, -0.2) is 4.99 Å². The molecule has 0 radical (unpaired) electrons. The predicted octanol–water partition coefficient (Wildman–Crippen LogP) is 3.12. The summed E-state index contributed by atoms with van der Waals surface area (Å²) >= 11 is 0. The Kier molecular flexibility index (Phi) is 6.53. The molecular formula is C26H35N5O3. The highest BCUT2D eigenvalue weighted by molar-refractivity contribution is 6.36. The maximum Gasteiger partial charge on any atom is 0.281 e. The molecule has 0 bridgehead atoms. The standard InChI is InChI=1S/C26H35N5O3/c1-17-13-23-21(24-22(25(32)28-23)15-27-31(24)19-7-6-8-19)14-20(17)26(33)30-11-10-29(18(2)16-30)9-4-5-12-34-3/h13-15,18-20H,4-12,16H2,1-3H3/t18-,20?/m0/s1. The Balaban J connectivity index is 1.33. The Morgan fingerprint density at radius 3 is 2.76 bits per heavy atom. The number of hydrogen-bond acceptors (Lipinski definition) is 5. The van der Waals surface area contributed by atoms with Crippen molar-refractivity contribution in [3.05, 3.63) is 35.2 Å². The fourth-order valence-corrected chi connectivity index (χ4v) is 5.48. The molecule has 2 aliphatic carbocycles. The van der Waals surface area contributed by atoms with E-state index in [1.807, 2.05) is 28.7 Å². The third-order valence-corrected chi connectivity index (χ3v) is 7.77. The molecule has 0 aromatic carbocycles. The zero-order valence-electron chi connectivity index (χ0n) is 20.5. The van der Waals surface area contributed by atoms with Crippen LogP contribution in [0.5, 0.6) is 0 Å². The van der Waals surface area contributed by atoms with E-state index in [1.54, 1.807) is 13.3 Å². The highest BCUT2D eigenvalue weighted by Gasteiger charge is 2.37. The van der Waals surface area contributed by atoms with Gasteiger partial charge in [-0.15, -0.1) is 0 Å². The molecule has 182 valence electrons. The molecule has 2 aliphatic heterocycles. The van der Waals surface area contributed by atoms with Crippen LogP contribution in [0.1, 0.15) is 68.0 Å². The average molecular weight is 466 g/mol. The minimum Gasteiger partial charge on any atom is -0.385 e. The second-order valence-electron chi connectivity index (χ2n) is 10.1. The van der Waals surface area contributed by atoms with Gasteiger partial charge in [0.1, 0.15) is 0 Å². The second-order valence-corrected chi connectivity index (χ2v) is 10.1. The summed E-state index contributed by atoms with van der Waals surface area (Å²) in [5, 5.41) is 4.55. The number of fused-ring (bicyclic) bond motifs is 3. The van der Waals surface area contributed by atoms with Crippen LogP contribution in [-0.4, -0.2) is 83.0 Å². The van der Waals surface area contributed by atoms with E-state index in [0.717, 1.165) is 75.3 Å². The summed E-state index contributed by atoms with van der Waals surface area (Å²) in [6.07, 6.45) is 11.1. The van der Waals surface area contributed by atoms with Crippen molar-refractivity contribution in [3.8, 4) is 0 Å². The van der Waals surface area contributed by atoms with E-state index in [2.05, 4.69) is 21.9 Å². The Morgan fingerprint density at radius 1 is 1.24 bits per heavy atom. The van der Waals surface area contributed by atoms with Crippen LogP contribution in [0.4, 0.5) is 0 Å². The molecule has 2 fully saturated rings. The molecule has 4 aliphatic rings. The highest BCUT2D eigenvalue weighted by atomic mass is 16.5. The topological polar surface area (TPSA) is 80.0 Å². The highest BCUT2D eigenvalue weighted by Crippen LogP contribution is 2.39. The lowest BCUT2D eigenvalue weighted by molar-refractivity contribution is -0.135. The average Bonchev–Trinajstić information content (AvgIpc) is 3.21. The van der Waals surface area contributed by atoms with Crippen molar-refractivity contribution in [1.29, 1.82) is 0 Å². The van der Waals surface area contributed by atoms with Crippen molar-refractivity contribution in [2.45, 2.75) is 58.0 Å². The van der Waals surface area contributed by atoms with Gasteiger partial charge >= 0.3 is 0 Å². The lowest BCUT2D eigenvalue weighted by atomic mass is 9.84. The molecule has 0 N–H and O–H groups in total. The Labute approximate surface area is 201 Å². The normalized spacial score (nSPS) is 25.2. The molecule has 3 heterocycles. The van der Waals surface area contributed by atoms with E-state index in [-0.39, 0.29) is 17.7 Å². The van der Waals surface area contributed by atoms with Gasteiger partial charge in [-0.3, -0.25) is 19.2 Å². The molecule has 1 aromatic rings. The predicted molar refractivity (Wildman–Crippen MR) is 131 cm³/mol. The van der Waals surface area contributed by atoms with Crippen molar-refractivity contribution in [2.24, 2.45) is 10.9 Å². The number of carbonyl (C=O) groups is 2. The number of ether oxygens (including phenoxy) is 1. The molecule has 8 nitrogen and oxygen atoms in total. The lowest BCUT2D eigenvalue weighted by Gasteiger charge is -2.41. The summed E-state index contributed by atoms with van der Waals surface area (Å²) in [5.74, 6) is -0.434. The van der Waals surface area contributed by atoms with E-state index in [9.17, 15) is 9.59 Å². The molecule has 1 saturated heterocycles. The van der Waals surface area contributed by atoms with Crippen molar-refractivity contribution in [1.82, 2.24) is 19.6 Å². The van der Waals surface area contributed by atoms with Crippen LogP contribution in [0.25, 0.3) is 5.57 Å². The third-order valence-electron chi connectivity index (χ3n) is 7.77. The van der Waals surface area contributed by atoms with E-state index in [4.69, 9.17) is 4.74 Å². The maximum atomic E-state index is 13.7. The molecule has 1 unspecified atom stereocenters. The summed E-state index contributed by atoms with van der Waals surface area (Å²) in [6.45, 7) is 8.39. The zero-order valence-corrected chi connectivity index (χ0v) is 20.5. The molecule has 34 heavy (non-hydrogen) atoms. The van der Waals surface area contributed by atoms with E-state index < -0.39 is 0 Å². The van der Waals surface area contributed by atoms with Gasteiger partial charge in [0.2, 0.25) is 5.91 Å². The fourth-order valence-electron chi connectivity index (χ4n) is 5.48. The van der Waals surface area contributed by atoms with Crippen LogP contribution in [0.3, 0.4) is 0 Å². The van der Waals surface area contributed by atoms with Gasteiger partial charge in [0, 0.05) is 45.0 Å². The molecule has 8 heteroatoms. The van der Waals surface area contributed by atoms with Gasteiger partial charge < -0.3 is 9.64 Å². The van der Waals surface area contributed by atoms with Crippen LogP contribution in [0.2, 0.25) is 0 Å². The molecule has 2 amide bonds. The van der Waals surface area contributed by atoms with E-state index in [1.165, 1.54) is 6.42 Å². The minimum absolute atomic E-state index is 0.138. The van der Waals surface area contributed by atoms with Crippen molar-refractivity contribution >= 4 is 23.1 Å². The SMILES string of the molecule is COCCCCN1CCN(C(=O)C2C=C3C(=NC(=O)c4cnn(C5CCC5)c43)C=C2C)C[C@@H]1C. The summed E-state index contributed by atoms with van der Waals surface area (Å²) in [7, 11) is 1.74. The number of aliphatic imine (C=N–C) groups is 1. The summed E-state index contributed by atoms with van der Waals surface area (Å²) < 4.78 is 7.16. The molecule has 2 atom stereocenters. The van der Waals surface area contributed by atoms with E-state index in [0.29, 0.717) is 23.4 Å². The van der Waals surface area contributed by atoms with Crippen molar-refractivity contribution in [3.63, 3.8) is 0 Å². The third kappa shape index (κ3) is 4.18. The first-order chi connectivity index (χ1) is 16.5. The fraction of sp³-hybridized carbons (Fsp3) is 0.615. The van der Waals surface area contributed by atoms with Crippen molar-refractivity contribution in [2.75, 3.05) is 39.9 Å². The molecule has 0 spiro atoms. The number of methoxy groups -OCH3 is 1. The minimum atomic E-state index is -0.333. The first kappa shape index (κ1) is 23.2. The van der Waals surface area contributed by atoms with Gasteiger partial charge in [-0.1, -0.05) is 11.6 Å². The Bertz CT molecular complexity index is 1060. The van der Waals surface area contributed by atoms with Gasteiger partial charge in [0.25, 0.3) is 5.91 Å². The first-order valence-electron chi connectivity index (χ1n) is 12.6. The number of unbranched alkanes of at least 4 members (excludes halogenated alkanes) is 1. The smallest absolute Gasteiger partial charge is 0.281 e. The van der Waals surface area contributed by atoms with Crippen LogP contribution < -0.4 is 0 Å². The van der Waals surface area contributed by atoms with E-state index >= 15 is 0 Å². The second kappa shape index (κ2) is 9.58. The number of aromatic nitrogens is 2. The van der Waals surface area contributed by atoms with Gasteiger partial charge in [-0.05, 0) is 58.6 Å². The van der Waals surface area contributed by atoms with Crippen LogP contribution in [0.15, 0.2) is 28.9 Å². The number of rotatable bonds is 7. The Morgan fingerprint density at radius 2 is 2.06 bits per heavy atom. The number of carbonyl (C=O) groups excluding carboxylic acids is 2. The summed E-state index contributed by atoms with van der Waals surface area (Å²) in [6, 6.07) is 0.660. The van der Waals surface area contributed by atoms with Crippen molar-refractivity contribution < 1.29 is 14.3 Å². The largest absolute Gasteiger partial charge is 0.385 e. The monoisotopic (exact) mass is 465 g/mol. The number of amides is 2. The quantitative estimate of drug-likeness (QED) is 0.578. The maximum absolute atomic E-state index is 13.7. The van der Waals surface area contributed by atoms with Gasteiger partial charge in [-0.2, -0.15) is 5.10 Å². The summed E-state index contributed by atoms with van der Waals surface area (Å²) in [4.78, 5) is 35.1. The zero-order chi connectivity index (χ0) is 23.8. The molecule has 1 aromatic heterocycles. The Hall–Kier alpha value is -2.58. The number of allylic oxidation sites excluding steroid dienone is 2. The van der Waals surface area contributed by atoms with Crippen LogP contribution in [0, 0.1) is 5.92 Å². The lowest BCUT2D eigenvalue weighted by Crippen LogP contribution is -2.55.